The third-order valence-corrected chi connectivity index (χ3v) is 1.61. The van der Waals surface area contributed by atoms with Crippen molar-refractivity contribution in [3.63, 3.8) is 0 Å². The molecule has 0 fully saturated rings. The zero-order valence-electron chi connectivity index (χ0n) is 9.63. The number of rotatable bonds is 2. The van der Waals surface area contributed by atoms with Crippen LogP contribution in [-0.2, 0) is 9.53 Å². The van der Waals surface area contributed by atoms with Gasteiger partial charge in [-0.05, 0) is 20.8 Å². The van der Waals surface area contributed by atoms with Crippen molar-refractivity contribution >= 4 is 17.8 Å². The number of Topliss-reactive ketones (excluding diaryl/α,β-unsaturated/α-hetero) is 1. The molecule has 0 amide bonds. The van der Waals surface area contributed by atoms with Gasteiger partial charge < -0.3 is 9.84 Å². The summed E-state index contributed by atoms with van der Waals surface area (Å²) in [5.74, 6) is -2.80. The summed E-state index contributed by atoms with van der Waals surface area (Å²) < 4.78 is 5.92. The largest absolute Gasteiger partial charge is 0.475 e. The van der Waals surface area contributed by atoms with Gasteiger partial charge in [-0.25, -0.2) is 19.1 Å². The van der Waals surface area contributed by atoms with Crippen LogP contribution in [0.3, 0.4) is 0 Å². The van der Waals surface area contributed by atoms with E-state index in [1.165, 1.54) is 0 Å². The number of hydrogen-bond acceptors (Lipinski definition) is 5. The van der Waals surface area contributed by atoms with E-state index in [0.29, 0.717) is 0 Å². The minimum atomic E-state index is -1.63. The molecule has 1 heterocycles. The van der Waals surface area contributed by atoms with Gasteiger partial charge in [-0.2, -0.15) is 0 Å². The molecular formula is C10H12N2O5. The first-order valence-corrected chi connectivity index (χ1v) is 4.75. The van der Waals surface area contributed by atoms with Gasteiger partial charge in [0.15, 0.2) is 0 Å². The van der Waals surface area contributed by atoms with Crippen molar-refractivity contribution in [1.29, 1.82) is 0 Å². The minimum absolute atomic E-state index is 0.316. The number of ketones is 1. The van der Waals surface area contributed by atoms with Gasteiger partial charge in [0.2, 0.25) is 0 Å². The number of carboxylic acid groups (broad SMARTS) is 1. The Bertz CT molecular complexity index is 469. The van der Waals surface area contributed by atoms with Crippen molar-refractivity contribution in [3.05, 3.63) is 18.2 Å². The third-order valence-electron chi connectivity index (χ3n) is 1.61. The Hall–Kier alpha value is -2.18. The number of carboxylic acids is 1. The highest BCUT2D eigenvalue weighted by Gasteiger charge is 2.21. The summed E-state index contributed by atoms with van der Waals surface area (Å²) in [4.78, 5) is 36.5. The van der Waals surface area contributed by atoms with Crippen LogP contribution >= 0.6 is 0 Å². The lowest BCUT2D eigenvalue weighted by Gasteiger charge is -2.18. The van der Waals surface area contributed by atoms with Crippen LogP contribution in [0.4, 0.5) is 4.79 Å². The minimum Gasteiger partial charge on any atom is -0.475 e. The Kier molecular flexibility index (Phi) is 3.31. The molecule has 7 heteroatoms. The predicted molar refractivity (Wildman–Crippen MR) is 55.8 cm³/mol. The van der Waals surface area contributed by atoms with Gasteiger partial charge in [0.1, 0.15) is 17.6 Å². The summed E-state index contributed by atoms with van der Waals surface area (Å²) in [6, 6.07) is 0. The van der Waals surface area contributed by atoms with Gasteiger partial charge in [-0.15, -0.1) is 0 Å². The Labute approximate surface area is 97.0 Å². The molecule has 17 heavy (non-hydrogen) atoms. The maximum absolute atomic E-state index is 11.5. The summed E-state index contributed by atoms with van der Waals surface area (Å²) in [5, 5.41) is 8.45. The molecule has 0 spiro atoms. The zero-order chi connectivity index (χ0) is 13.2. The number of imidazole rings is 1. The van der Waals surface area contributed by atoms with E-state index in [-0.39, 0.29) is 5.69 Å². The summed E-state index contributed by atoms with van der Waals surface area (Å²) in [7, 11) is 0. The van der Waals surface area contributed by atoms with Crippen LogP contribution in [0.1, 0.15) is 31.3 Å². The molecule has 1 aromatic heterocycles. The Balaban J connectivity index is 2.85. The van der Waals surface area contributed by atoms with Crippen molar-refractivity contribution in [3.8, 4) is 0 Å². The Morgan fingerprint density at radius 2 is 1.94 bits per heavy atom. The first kappa shape index (κ1) is 12.9. The molecule has 0 unspecified atom stereocenters. The maximum Gasteiger partial charge on any atom is 0.419 e. The molecule has 92 valence electrons. The average Bonchev–Trinajstić information content (AvgIpc) is 2.62. The molecule has 0 bridgehead atoms. The van der Waals surface area contributed by atoms with Gasteiger partial charge in [0.25, 0.3) is 5.78 Å². The number of hydrogen-bond donors (Lipinski definition) is 1. The summed E-state index contributed by atoms with van der Waals surface area (Å²) >= 11 is 0. The van der Waals surface area contributed by atoms with Crippen LogP contribution in [0.5, 0.6) is 0 Å². The molecule has 1 N–H and O–H groups in total. The topological polar surface area (TPSA) is 98.5 Å². The SMILES string of the molecule is CC(C)(C)OC(=O)n1cnc(C(=O)C(=O)O)c1. The second-order valence-electron chi connectivity index (χ2n) is 4.28. The standard InChI is InChI=1S/C10H12N2O5/c1-10(2,3)17-9(16)12-4-6(11-5-12)7(13)8(14)15/h4-5H,1-3H3,(H,14,15). The van der Waals surface area contributed by atoms with Crippen molar-refractivity contribution in [2.45, 2.75) is 26.4 Å². The zero-order valence-corrected chi connectivity index (χ0v) is 9.63. The molecule has 0 aliphatic heterocycles. The smallest absolute Gasteiger partial charge is 0.419 e. The number of aromatic nitrogens is 2. The van der Waals surface area contributed by atoms with E-state index >= 15 is 0 Å². The molecule has 0 atom stereocenters. The van der Waals surface area contributed by atoms with E-state index in [4.69, 9.17) is 9.84 Å². The van der Waals surface area contributed by atoms with Crippen LogP contribution < -0.4 is 0 Å². The molecule has 1 aromatic rings. The molecule has 0 radical (unpaired) electrons. The normalized spacial score (nSPS) is 11.0. The van der Waals surface area contributed by atoms with Crippen molar-refractivity contribution < 1.29 is 24.2 Å². The third kappa shape index (κ3) is 3.40. The lowest BCUT2D eigenvalue weighted by atomic mass is 10.2. The monoisotopic (exact) mass is 240 g/mol. The van der Waals surface area contributed by atoms with E-state index in [9.17, 15) is 14.4 Å². The second kappa shape index (κ2) is 4.36. The number of carbonyl (C=O) groups is 3. The Morgan fingerprint density at radius 1 is 1.35 bits per heavy atom. The molecule has 7 nitrogen and oxygen atoms in total. The molecular weight excluding hydrogens is 228 g/mol. The fraction of sp³-hybridized carbons (Fsp3) is 0.400. The highest BCUT2D eigenvalue weighted by molar-refractivity contribution is 6.39. The molecule has 1 rings (SSSR count). The van der Waals surface area contributed by atoms with Crippen LogP contribution in [-0.4, -0.2) is 38.1 Å². The van der Waals surface area contributed by atoms with Gasteiger partial charge >= 0.3 is 12.1 Å². The fourth-order valence-corrected chi connectivity index (χ4v) is 0.964. The van der Waals surface area contributed by atoms with Crippen molar-refractivity contribution in [1.82, 2.24) is 9.55 Å². The number of carbonyl (C=O) groups excluding carboxylic acids is 2. The van der Waals surface area contributed by atoms with Crippen LogP contribution in [0.2, 0.25) is 0 Å². The molecule has 0 saturated carbocycles. The van der Waals surface area contributed by atoms with Gasteiger partial charge in [0.05, 0.1) is 0 Å². The first-order valence-electron chi connectivity index (χ1n) is 4.75. The molecule has 0 aliphatic carbocycles. The number of aliphatic carboxylic acids is 1. The summed E-state index contributed by atoms with van der Waals surface area (Å²) in [6.45, 7) is 5.06. The average molecular weight is 240 g/mol. The number of ether oxygens (including phenoxy) is 1. The van der Waals surface area contributed by atoms with Crippen LogP contribution in [0, 0.1) is 0 Å². The lowest BCUT2D eigenvalue weighted by Crippen LogP contribution is -2.26. The Morgan fingerprint density at radius 3 is 2.41 bits per heavy atom. The highest BCUT2D eigenvalue weighted by atomic mass is 16.6. The van der Waals surface area contributed by atoms with Crippen molar-refractivity contribution in [2.24, 2.45) is 0 Å². The molecule has 0 aliphatic rings. The first-order chi connectivity index (χ1) is 7.70. The molecule has 0 saturated heterocycles. The fourth-order valence-electron chi connectivity index (χ4n) is 0.964. The van der Waals surface area contributed by atoms with E-state index in [0.717, 1.165) is 17.1 Å². The van der Waals surface area contributed by atoms with Crippen molar-refractivity contribution in [2.75, 3.05) is 0 Å². The van der Waals surface area contributed by atoms with Gasteiger partial charge in [0, 0.05) is 6.20 Å². The maximum atomic E-state index is 11.5. The predicted octanol–water partition coefficient (Wildman–Crippen LogP) is 0.934. The highest BCUT2D eigenvalue weighted by Crippen LogP contribution is 2.09. The van der Waals surface area contributed by atoms with E-state index in [2.05, 4.69) is 4.98 Å². The van der Waals surface area contributed by atoms with Crippen LogP contribution in [0.25, 0.3) is 0 Å². The summed E-state index contributed by atoms with van der Waals surface area (Å²) in [5.41, 5.74) is -0.999. The molecule has 0 aromatic carbocycles. The van der Waals surface area contributed by atoms with E-state index in [1.54, 1.807) is 20.8 Å². The van der Waals surface area contributed by atoms with Crippen LogP contribution in [0.15, 0.2) is 12.5 Å². The summed E-state index contributed by atoms with van der Waals surface area (Å²) in [6.07, 6.45) is 1.32. The van der Waals surface area contributed by atoms with Gasteiger partial charge in [-0.3, -0.25) is 4.79 Å². The quantitative estimate of drug-likeness (QED) is 0.610. The van der Waals surface area contributed by atoms with E-state index < -0.39 is 23.4 Å². The van der Waals surface area contributed by atoms with E-state index in [1.807, 2.05) is 0 Å². The number of nitrogens with zero attached hydrogens (tertiary/aromatic N) is 2. The lowest BCUT2D eigenvalue weighted by molar-refractivity contribution is -0.131. The second-order valence-corrected chi connectivity index (χ2v) is 4.28. The van der Waals surface area contributed by atoms with Gasteiger partial charge in [-0.1, -0.05) is 0 Å².